The van der Waals surface area contributed by atoms with Crippen LogP contribution in [-0.4, -0.2) is 4.98 Å². The lowest BCUT2D eigenvalue weighted by atomic mass is 10.1. The molecule has 2 aromatic rings. The van der Waals surface area contributed by atoms with Gasteiger partial charge in [0.2, 0.25) is 0 Å². The van der Waals surface area contributed by atoms with Gasteiger partial charge in [0.05, 0.1) is 5.69 Å². The van der Waals surface area contributed by atoms with Crippen molar-refractivity contribution in [2.24, 2.45) is 5.73 Å². The molecule has 0 unspecified atom stereocenters. The number of aryl methyl sites for hydroxylation is 2. The summed E-state index contributed by atoms with van der Waals surface area (Å²) in [7, 11) is 0. The third kappa shape index (κ3) is 3.30. The van der Waals surface area contributed by atoms with Crippen molar-refractivity contribution >= 4 is 11.3 Å². The molecule has 0 fully saturated rings. The Kier molecular flexibility index (Phi) is 4.17. The number of thiazole rings is 1. The first-order valence-corrected chi connectivity index (χ1v) is 6.89. The number of hydrogen-bond acceptors (Lipinski definition) is 4. The van der Waals surface area contributed by atoms with Gasteiger partial charge in [-0.2, -0.15) is 0 Å². The van der Waals surface area contributed by atoms with E-state index in [0.29, 0.717) is 17.9 Å². The molecule has 2 N–H and O–H groups in total. The second-order valence-corrected chi connectivity index (χ2v) is 5.80. The van der Waals surface area contributed by atoms with Gasteiger partial charge in [-0.3, -0.25) is 0 Å². The Morgan fingerprint density at radius 2 is 2.16 bits per heavy atom. The lowest BCUT2D eigenvalue weighted by Crippen LogP contribution is -2.07. The Morgan fingerprint density at radius 3 is 2.68 bits per heavy atom. The van der Waals surface area contributed by atoms with Gasteiger partial charge in [0, 0.05) is 22.5 Å². The van der Waals surface area contributed by atoms with Gasteiger partial charge in [0.15, 0.2) is 0 Å². The highest BCUT2D eigenvalue weighted by atomic mass is 32.1. The molecule has 0 aliphatic carbocycles. The van der Waals surface area contributed by atoms with E-state index in [1.165, 1.54) is 10.9 Å². The molecule has 102 valence electrons. The summed E-state index contributed by atoms with van der Waals surface area (Å²) in [5, 5.41) is 0.895. The van der Waals surface area contributed by atoms with Crippen LogP contribution in [0, 0.1) is 19.7 Å². The third-order valence-electron chi connectivity index (χ3n) is 2.90. The average molecular weight is 280 g/mol. The molecule has 2 rings (SSSR count). The number of aromatic nitrogens is 1. The largest absolute Gasteiger partial charge is 0.486 e. The minimum Gasteiger partial charge on any atom is -0.486 e. The SMILES string of the molecule is Cc1nc(COc2ccc([C@H](C)N)c(F)c2)sc1C. The molecule has 0 spiro atoms. The number of rotatable bonds is 4. The molecule has 1 aromatic carbocycles. The number of nitrogens with zero attached hydrogens (tertiary/aromatic N) is 1. The molecule has 0 saturated carbocycles. The topological polar surface area (TPSA) is 48.1 Å². The summed E-state index contributed by atoms with van der Waals surface area (Å²) in [6.45, 7) is 6.09. The summed E-state index contributed by atoms with van der Waals surface area (Å²) in [5.41, 5.74) is 7.17. The van der Waals surface area contributed by atoms with Gasteiger partial charge in [-0.25, -0.2) is 9.37 Å². The van der Waals surface area contributed by atoms with E-state index < -0.39 is 0 Å². The molecule has 1 aromatic heterocycles. The second-order valence-electron chi connectivity index (χ2n) is 4.51. The van der Waals surface area contributed by atoms with Crippen LogP contribution in [-0.2, 0) is 6.61 Å². The van der Waals surface area contributed by atoms with Crippen LogP contribution in [0.2, 0.25) is 0 Å². The van der Waals surface area contributed by atoms with Crippen LogP contribution < -0.4 is 10.5 Å². The zero-order valence-corrected chi connectivity index (χ0v) is 12.1. The van der Waals surface area contributed by atoms with Crippen molar-refractivity contribution in [3.8, 4) is 5.75 Å². The van der Waals surface area contributed by atoms with Crippen LogP contribution >= 0.6 is 11.3 Å². The average Bonchev–Trinajstić information content (AvgIpc) is 2.66. The highest BCUT2D eigenvalue weighted by molar-refractivity contribution is 7.11. The number of hydrogen-bond donors (Lipinski definition) is 1. The minimum atomic E-state index is -0.334. The highest BCUT2D eigenvalue weighted by Crippen LogP contribution is 2.23. The van der Waals surface area contributed by atoms with Gasteiger partial charge in [0.25, 0.3) is 0 Å². The first kappa shape index (κ1) is 14.0. The molecule has 1 atom stereocenters. The second kappa shape index (κ2) is 5.67. The fourth-order valence-electron chi connectivity index (χ4n) is 1.71. The molecule has 0 saturated heterocycles. The highest BCUT2D eigenvalue weighted by Gasteiger charge is 2.09. The maximum Gasteiger partial charge on any atom is 0.140 e. The van der Waals surface area contributed by atoms with Crippen molar-refractivity contribution in [1.82, 2.24) is 4.98 Å². The van der Waals surface area contributed by atoms with Gasteiger partial charge in [-0.1, -0.05) is 6.07 Å². The number of halogens is 1. The summed E-state index contributed by atoms with van der Waals surface area (Å²) in [6.07, 6.45) is 0. The number of benzene rings is 1. The zero-order valence-electron chi connectivity index (χ0n) is 11.2. The quantitative estimate of drug-likeness (QED) is 0.932. The smallest absolute Gasteiger partial charge is 0.140 e. The van der Waals surface area contributed by atoms with E-state index in [1.807, 2.05) is 13.8 Å². The summed E-state index contributed by atoms with van der Waals surface area (Å²) >= 11 is 1.60. The van der Waals surface area contributed by atoms with Crippen LogP contribution in [0.1, 0.15) is 34.1 Å². The van der Waals surface area contributed by atoms with Crippen LogP contribution in [0.5, 0.6) is 5.75 Å². The van der Waals surface area contributed by atoms with Crippen molar-refractivity contribution < 1.29 is 9.13 Å². The zero-order chi connectivity index (χ0) is 14.0. The maximum absolute atomic E-state index is 13.7. The van der Waals surface area contributed by atoms with Crippen LogP contribution in [0.4, 0.5) is 4.39 Å². The Balaban J connectivity index is 2.06. The van der Waals surface area contributed by atoms with Crippen molar-refractivity contribution in [2.45, 2.75) is 33.4 Å². The van der Waals surface area contributed by atoms with Crippen molar-refractivity contribution in [3.63, 3.8) is 0 Å². The van der Waals surface area contributed by atoms with Crippen molar-refractivity contribution in [2.75, 3.05) is 0 Å². The van der Waals surface area contributed by atoms with E-state index in [-0.39, 0.29) is 11.9 Å². The fraction of sp³-hybridized carbons (Fsp3) is 0.357. The monoisotopic (exact) mass is 280 g/mol. The molecule has 0 aliphatic rings. The Labute approximate surface area is 116 Å². The summed E-state index contributed by atoms with van der Waals surface area (Å²) in [5.74, 6) is 0.159. The lowest BCUT2D eigenvalue weighted by Gasteiger charge is -2.09. The molecular weight excluding hydrogens is 263 g/mol. The molecule has 3 nitrogen and oxygen atoms in total. The van der Waals surface area contributed by atoms with Gasteiger partial charge in [-0.05, 0) is 26.8 Å². The summed E-state index contributed by atoms with van der Waals surface area (Å²) in [6, 6.07) is 4.44. The van der Waals surface area contributed by atoms with E-state index in [2.05, 4.69) is 4.98 Å². The van der Waals surface area contributed by atoms with E-state index in [9.17, 15) is 4.39 Å². The molecule has 0 amide bonds. The normalized spacial score (nSPS) is 12.5. The van der Waals surface area contributed by atoms with Crippen LogP contribution in [0.15, 0.2) is 18.2 Å². The van der Waals surface area contributed by atoms with Crippen LogP contribution in [0.25, 0.3) is 0 Å². The minimum absolute atomic E-state index is 0.321. The van der Waals surface area contributed by atoms with E-state index in [1.54, 1.807) is 30.4 Å². The molecular formula is C14H17FN2OS. The van der Waals surface area contributed by atoms with E-state index in [4.69, 9.17) is 10.5 Å². The predicted octanol–water partition coefficient (Wildman–Crippen LogP) is 3.50. The third-order valence-corrected chi connectivity index (χ3v) is 3.94. The molecule has 19 heavy (non-hydrogen) atoms. The summed E-state index contributed by atoms with van der Waals surface area (Å²) in [4.78, 5) is 5.55. The first-order chi connectivity index (χ1) is 8.97. The standard InChI is InChI=1S/C14H17FN2OS/c1-8(16)12-5-4-11(6-13(12)15)18-7-14-17-9(2)10(3)19-14/h4-6,8H,7,16H2,1-3H3/t8-/m0/s1. The first-order valence-electron chi connectivity index (χ1n) is 6.08. The van der Waals surface area contributed by atoms with Gasteiger partial charge < -0.3 is 10.5 Å². The molecule has 0 aliphatic heterocycles. The maximum atomic E-state index is 13.7. The Bertz CT molecular complexity index is 561. The van der Waals surface area contributed by atoms with Crippen molar-refractivity contribution in [3.05, 3.63) is 45.2 Å². The lowest BCUT2D eigenvalue weighted by molar-refractivity contribution is 0.303. The molecule has 0 bridgehead atoms. The fourth-order valence-corrected chi connectivity index (χ4v) is 2.56. The summed E-state index contributed by atoms with van der Waals surface area (Å²) < 4.78 is 19.3. The predicted molar refractivity (Wildman–Crippen MR) is 74.9 cm³/mol. The van der Waals surface area contributed by atoms with Crippen LogP contribution in [0.3, 0.4) is 0 Å². The number of ether oxygens (including phenoxy) is 1. The van der Waals surface area contributed by atoms with Gasteiger partial charge in [0.1, 0.15) is 23.2 Å². The van der Waals surface area contributed by atoms with Crippen molar-refractivity contribution in [1.29, 1.82) is 0 Å². The number of nitrogens with two attached hydrogens (primary N) is 1. The molecule has 5 heteroatoms. The molecule has 0 radical (unpaired) electrons. The van der Waals surface area contributed by atoms with Gasteiger partial charge in [-0.15, -0.1) is 11.3 Å². The Hall–Kier alpha value is -1.46. The Morgan fingerprint density at radius 1 is 1.42 bits per heavy atom. The van der Waals surface area contributed by atoms with Gasteiger partial charge >= 0.3 is 0 Å². The van der Waals surface area contributed by atoms with E-state index >= 15 is 0 Å². The van der Waals surface area contributed by atoms with E-state index in [0.717, 1.165) is 10.7 Å². The molecule has 1 heterocycles.